The van der Waals surface area contributed by atoms with Crippen LogP contribution in [0.5, 0.6) is 5.75 Å². The molecule has 0 bridgehead atoms. The normalized spacial score (nSPS) is 13.7. The van der Waals surface area contributed by atoms with E-state index in [0.29, 0.717) is 5.75 Å². The van der Waals surface area contributed by atoms with Crippen molar-refractivity contribution in [2.24, 2.45) is 0 Å². The van der Waals surface area contributed by atoms with Crippen LogP contribution in [0.3, 0.4) is 0 Å². The Morgan fingerprint density at radius 3 is 2.26 bits per heavy atom. The van der Waals surface area contributed by atoms with Crippen molar-refractivity contribution in [3.8, 4) is 5.75 Å². The molecular weight excluding hydrogens is 340 g/mol. The number of nitrogens with one attached hydrogen (secondary N) is 2. The summed E-state index contributed by atoms with van der Waals surface area (Å²) in [6.45, 7) is 3.77. The summed E-state index contributed by atoms with van der Waals surface area (Å²) < 4.78 is 54.7. The maximum absolute atomic E-state index is 12.1. The molecular formula is C14H24N2O5S2. The van der Waals surface area contributed by atoms with Gasteiger partial charge in [-0.1, -0.05) is 6.92 Å². The summed E-state index contributed by atoms with van der Waals surface area (Å²) >= 11 is 0. The predicted molar refractivity (Wildman–Crippen MR) is 90.0 cm³/mol. The van der Waals surface area contributed by atoms with E-state index in [1.807, 2.05) is 6.92 Å². The van der Waals surface area contributed by atoms with E-state index in [-0.39, 0.29) is 35.6 Å². The largest absolute Gasteiger partial charge is 0.493 e. The first-order chi connectivity index (χ1) is 10.7. The van der Waals surface area contributed by atoms with Crippen LogP contribution in [0.25, 0.3) is 0 Å². The van der Waals surface area contributed by atoms with Crippen LogP contribution < -0.4 is 14.8 Å². The average Bonchev–Trinajstić information content (AvgIpc) is 2.53. The van der Waals surface area contributed by atoms with Crippen LogP contribution in [0.4, 0.5) is 0 Å². The molecule has 0 saturated carbocycles. The summed E-state index contributed by atoms with van der Waals surface area (Å²) in [6.07, 6.45) is 0. The number of ether oxygens (including phenoxy) is 1. The Labute approximate surface area is 138 Å². The van der Waals surface area contributed by atoms with E-state index in [2.05, 4.69) is 10.0 Å². The molecule has 1 atom stereocenters. The van der Waals surface area contributed by atoms with E-state index >= 15 is 0 Å². The van der Waals surface area contributed by atoms with Crippen molar-refractivity contribution in [1.29, 1.82) is 0 Å². The molecule has 1 aromatic rings. The van der Waals surface area contributed by atoms with Gasteiger partial charge in [-0.15, -0.1) is 0 Å². The first-order valence-corrected chi connectivity index (χ1v) is 10.6. The van der Waals surface area contributed by atoms with Gasteiger partial charge in [-0.2, -0.15) is 0 Å². The summed E-state index contributed by atoms with van der Waals surface area (Å²) in [5.74, 6) is 0.441. The maximum atomic E-state index is 12.1. The lowest BCUT2D eigenvalue weighted by Gasteiger charge is -2.12. The van der Waals surface area contributed by atoms with Crippen molar-refractivity contribution < 1.29 is 21.6 Å². The topological polar surface area (TPSA) is 102 Å². The van der Waals surface area contributed by atoms with Gasteiger partial charge in [-0.3, -0.25) is 0 Å². The lowest BCUT2D eigenvalue weighted by molar-refractivity contribution is 0.340. The summed E-state index contributed by atoms with van der Waals surface area (Å²) in [5.41, 5.74) is 0. The smallest absolute Gasteiger partial charge is 0.240 e. The van der Waals surface area contributed by atoms with Crippen molar-refractivity contribution in [2.75, 3.05) is 31.7 Å². The lowest BCUT2D eigenvalue weighted by atomic mass is 10.3. The molecule has 0 amide bonds. The highest BCUT2D eigenvalue weighted by molar-refractivity contribution is 7.91. The molecule has 7 nitrogen and oxygen atoms in total. The van der Waals surface area contributed by atoms with Crippen molar-refractivity contribution in [1.82, 2.24) is 10.0 Å². The van der Waals surface area contributed by atoms with Crippen LogP contribution >= 0.6 is 0 Å². The Balaban J connectivity index is 2.62. The SMILES string of the molecule is CCS(=O)(=O)CCOc1ccc(S(=O)(=O)NCC(C)NC)cc1. The zero-order valence-electron chi connectivity index (χ0n) is 13.6. The Morgan fingerprint density at radius 2 is 1.74 bits per heavy atom. The summed E-state index contributed by atoms with van der Waals surface area (Å²) in [5, 5.41) is 2.94. The van der Waals surface area contributed by atoms with Crippen LogP contribution in [-0.4, -0.2) is 54.6 Å². The van der Waals surface area contributed by atoms with Gasteiger partial charge in [0.1, 0.15) is 12.4 Å². The molecule has 0 radical (unpaired) electrons. The molecule has 132 valence electrons. The van der Waals surface area contributed by atoms with Gasteiger partial charge in [0.15, 0.2) is 9.84 Å². The Morgan fingerprint density at radius 1 is 1.13 bits per heavy atom. The number of hydrogen-bond acceptors (Lipinski definition) is 6. The first-order valence-electron chi connectivity index (χ1n) is 7.30. The minimum absolute atomic E-state index is 0.0212. The molecule has 0 saturated heterocycles. The van der Waals surface area contributed by atoms with Crippen molar-refractivity contribution in [3.63, 3.8) is 0 Å². The van der Waals surface area contributed by atoms with Crippen molar-refractivity contribution in [2.45, 2.75) is 24.8 Å². The summed E-state index contributed by atoms with van der Waals surface area (Å²) in [7, 11) is -4.89. The molecule has 1 aromatic carbocycles. The van der Waals surface area contributed by atoms with Crippen LogP contribution in [-0.2, 0) is 19.9 Å². The van der Waals surface area contributed by atoms with Gasteiger partial charge in [0, 0.05) is 18.3 Å². The standard InChI is InChI=1S/C14H24N2O5S2/c1-4-22(17,18)10-9-21-13-5-7-14(8-6-13)23(19,20)16-11-12(2)15-3/h5-8,12,15-16H,4,9-11H2,1-3H3. The molecule has 0 aliphatic rings. The third kappa shape index (κ3) is 6.86. The minimum Gasteiger partial charge on any atom is -0.493 e. The molecule has 0 spiro atoms. The third-order valence-corrected chi connectivity index (χ3v) is 6.42. The molecule has 1 rings (SSSR count). The second kappa shape index (κ2) is 8.62. The molecule has 9 heteroatoms. The first kappa shape index (κ1) is 19.9. The third-order valence-electron chi connectivity index (χ3n) is 3.31. The number of benzene rings is 1. The van der Waals surface area contributed by atoms with Gasteiger partial charge < -0.3 is 10.1 Å². The zero-order valence-corrected chi connectivity index (χ0v) is 15.2. The molecule has 23 heavy (non-hydrogen) atoms. The number of likely N-dealkylation sites (N-methyl/N-ethyl adjacent to an activating group) is 1. The van der Waals surface area contributed by atoms with Gasteiger partial charge in [-0.05, 0) is 38.2 Å². The van der Waals surface area contributed by atoms with Crippen molar-refractivity contribution in [3.05, 3.63) is 24.3 Å². The maximum Gasteiger partial charge on any atom is 0.240 e. The highest BCUT2D eigenvalue weighted by Gasteiger charge is 2.15. The Hall–Kier alpha value is -1.16. The second-order valence-electron chi connectivity index (χ2n) is 5.10. The monoisotopic (exact) mass is 364 g/mol. The lowest BCUT2D eigenvalue weighted by Crippen LogP contribution is -2.37. The van der Waals surface area contributed by atoms with Crippen LogP contribution in [0, 0.1) is 0 Å². The van der Waals surface area contributed by atoms with E-state index in [4.69, 9.17) is 4.74 Å². The fourth-order valence-electron chi connectivity index (χ4n) is 1.57. The molecule has 1 unspecified atom stereocenters. The summed E-state index contributed by atoms with van der Waals surface area (Å²) in [4.78, 5) is 0.134. The minimum atomic E-state index is -3.57. The summed E-state index contributed by atoms with van der Waals surface area (Å²) in [6, 6.07) is 5.89. The Kier molecular flexibility index (Phi) is 7.46. The van der Waals surface area contributed by atoms with E-state index < -0.39 is 19.9 Å². The van der Waals surface area contributed by atoms with Crippen LogP contribution in [0.1, 0.15) is 13.8 Å². The van der Waals surface area contributed by atoms with Crippen LogP contribution in [0.15, 0.2) is 29.2 Å². The van der Waals surface area contributed by atoms with Gasteiger partial charge in [0.2, 0.25) is 10.0 Å². The van der Waals surface area contributed by atoms with Crippen LogP contribution in [0.2, 0.25) is 0 Å². The molecule has 0 aromatic heterocycles. The number of hydrogen-bond donors (Lipinski definition) is 2. The van der Waals surface area contributed by atoms with E-state index in [9.17, 15) is 16.8 Å². The quantitative estimate of drug-likeness (QED) is 0.623. The number of rotatable bonds is 10. The zero-order chi connectivity index (χ0) is 17.5. The average molecular weight is 364 g/mol. The number of sulfone groups is 1. The predicted octanol–water partition coefficient (Wildman–Crippen LogP) is 0.386. The van der Waals surface area contributed by atoms with Gasteiger partial charge in [0.05, 0.1) is 10.6 Å². The Bertz CT molecular complexity index is 684. The molecule has 0 heterocycles. The number of sulfonamides is 1. The van der Waals surface area contributed by atoms with Gasteiger partial charge in [-0.25, -0.2) is 21.6 Å². The molecule has 0 fully saturated rings. The second-order valence-corrected chi connectivity index (χ2v) is 9.34. The van der Waals surface area contributed by atoms with E-state index in [1.54, 1.807) is 14.0 Å². The highest BCUT2D eigenvalue weighted by atomic mass is 32.2. The fourth-order valence-corrected chi connectivity index (χ4v) is 3.32. The molecule has 0 aliphatic heterocycles. The van der Waals surface area contributed by atoms with Gasteiger partial charge in [0.25, 0.3) is 0 Å². The highest BCUT2D eigenvalue weighted by Crippen LogP contribution is 2.16. The molecule has 0 aliphatic carbocycles. The molecule has 2 N–H and O–H groups in total. The van der Waals surface area contributed by atoms with Gasteiger partial charge >= 0.3 is 0 Å². The van der Waals surface area contributed by atoms with E-state index in [0.717, 1.165) is 0 Å². The van der Waals surface area contributed by atoms with E-state index in [1.165, 1.54) is 24.3 Å². The fraction of sp³-hybridized carbons (Fsp3) is 0.571. The van der Waals surface area contributed by atoms with Crippen molar-refractivity contribution >= 4 is 19.9 Å².